The lowest BCUT2D eigenvalue weighted by molar-refractivity contribution is -0.140. The minimum absolute atomic E-state index is 0.00527. The van der Waals surface area contributed by atoms with Crippen molar-refractivity contribution in [2.24, 2.45) is 0 Å². The third kappa shape index (κ3) is 3.96. The topological polar surface area (TPSA) is 40.6 Å². The van der Waals surface area contributed by atoms with Gasteiger partial charge in [-0.3, -0.25) is 9.59 Å². The number of nitrogens with zero attached hydrogens (tertiary/aromatic N) is 2. The minimum atomic E-state index is -0.423. The number of rotatable bonds is 4. The summed E-state index contributed by atoms with van der Waals surface area (Å²) < 4.78 is 0. The van der Waals surface area contributed by atoms with Crippen LogP contribution in [0.1, 0.15) is 30.0 Å². The fourth-order valence-corrected chi connectivity index (χ4v) is 3.61. The number of anilines is 1. The molecule has 1 fully saturated rings. The van der Waals surface area contributed by atoms with Gasteiger partial charge in [0.15, 0.2) is 0 Å². The average Bonchev–Trinajstić information content (AvgIpc) is 2.62. The standard InChI is InChI=1S/C22H26N2O2/c1-16-13-17(2)15-20(14-16)24-12-11-23(18(3)22(24)26)21(25)10-9-19-7-5-4-6-8-19/h4-8,13-15,18H,9-12H2,1-3H3. The zero-order chi connectivity index (χ0) is 18.7. The Morgan fingerprint density at radius 2 is 1.69 bits per heavy atom. The Hall–Kier alpha value is -2.62. The first kappa shape index (κ1) is 18.2. The normalized spacial score (nSPS) is 17.5. The van der Waals surface area contributed by atoms with Crippen LogP contribution in [-0.2, 0) is 16.0 Å². The molecule has 26 heavy (non-hydrogen) atoms. The summed E-state index contributed by atoms with van der Waals surface area (Å²) in [6.45, 7) is 7.02. The van der Waals surface area contributed by atoms with Crippen molar-refractivity contribution in [1.82, 2.24) is 4.90 Å². The molecule has 0 aliphatic carbocycles. The molecule has 4 nitrogen and oxygen atoms in total. The van der Waals surface area contributed by atoms with Crippen LogP contribution in [0.3, 0.4) is 0 Å². The van der Waals surface area contributed by atoms with Crippen molar-refractivity contribution in [2.45, 2.75) is 39.7 Å². The summed E-state index contributed by atoms with van der Waals surface area (Å²) in [5, 5.41) is 0. The average molecular weight is 350 g/mol. The van der Waals surface area contributed by atoms with E-state index in [0.717, 1.165) is 22.4 Å². The highest BCUT2D eigenvalue weighted by molar-refractivity contribution is 6.00. The minimum Gasteiger partial charge on any atom is -0.329 e. The van der Waals surface area contributed by atoms with Crippen molar-refractivity contribution in [3.63, 3.8) is 0 Å². The molecule has 2 amide bonds. The molecule has 1 aliphatic heterocycles. The zero-order valence-corrected chi connectivity index (χ0v) is 15.7. The number of piperazine rings is 1. The maximum Gasteiger partial charge on any atom is 0.249 e. The molecule has 136 valence electrons. The molecular weight excluding hydrogens is 324 g/mol. The molecule has 0 bridgehead atoms. The number of hydrogen-bond acceptors (Lipinski definition) is 2. The van der Waals surface area contributed by atoms with Crippen molar-refractivity contribution < 1.29 is 9.59 Å². The molecule has 2 aromatic carbocycles. The van der Waals surface area contributed by atoms with Crippen LogP contribution in [0.15, 0.2) is 48.5 Å². The van der Waals surface area contributed by atoms with E-state index in [4.69, 9.17) is 0 Å². The summed E-state index contributed by atoms with van der Waals surface area (Å²) >= 11 is 0. The van der Waals surface area contributed by atoms with Gasteiger partial charge in [-0.15, -0.1) is 0 Å². The van der Waals surface area contributed by atoms with E-state index in [9.17, 15) is 9.59 Å². The first-order valence-electron chi connectivity index (χ1n) is 9.19. The smallest absolute Gasteiger partial charge is 0.249 e. The van der Waals surface area contributed by atoms with Gasteiger partial charge in [-0.2, -0.15) is 0 Å². The Bertz CT molecular complexity index is 781. The van der Waals surface area contributed by atoms with Gasteiger partial charge >= 0.3 is 0 Å². The van der Waals surface area contributed by atoms with Crippen LogP contribution in [0.4, 0.5) is 5.69 Å². The highest BCUT2D eigenvalue weighted by Crippen LogP contribution is 2.23. The molecule has 0 saturated carbocycles. The lowest BCUT2D eigenvalue weighted by Crippen LogP contribution is -2.57. The zero-order valence-electron chi connectivity index (χ0n) is 15.7. The Kier molecular flexibility index (Phi) is 5.40. The third-order valence-electron chi connectivity index (χ3n) is 4.96. The van der Waals surface area contributed by atoms with Crippen LogP contribution in [0.2, 0.25) is 0 Å². The van der Waals surface area contributed by atoms with Crippen molar-refractivity contribution in [3.05, 3.63) is 65.2 Å². The van der Waals surface area contributed by atoms with E-state index in [1.165, 1.54) is 0 Å². The molecule has 1 unspecified atom stereocenters. The van der Waals surface area contributed by atoms with E-state index in [2.05, 4.69) is 6.07 Å². The van der Waals surface area contributed by atoms with Gasteiger partial charge in [0.25, 0.3) is 0 Å². The predicted octanol–water partition coefficient (Wildman–Crippen LogP) is 3.50. The first-order chi connectivity index (χ1) is 12.5. The van der Waals surface area contributed by atoms with Crippen LogP contribution >= 0.6 is 0 Å². The maximum absolute atomic E-state index is 12.9. The highest BCUT2D eigenvalue weighted by atomic mass is 16.2. The van der Waals surface area contributed by atoms with Gasteiger partial charge in [-0.05, 0) is 56.0 Å². The lowest BCUT2D eigenvalue weighted by Gasteiger charge is -2.39. The second kappa shape index (κ2) is 7.73. The molecule has 1 heterocycles. The fourth-order valence-electron chi connectivity index (χ4n) is 3.61. The number of amides is 2. The quantitative estimate of drug-likeness (QED) is 0.847. The monoisotopic (exact) mass is 350 g/mol. The molecule has 1 aliphatic rings. The largest absolute Gasteiger partial charge is 0.329 e. The Morgan fingerprint density at radius 3 is 2.35 bits per heavy atom. The van der Waals surface area contributed by atoms with E-state index in [1.54, 1.807) is 4.90 Å². The van der Waals surface area contributed by atoms with E-state index < -0.39 is 6.04 Å². The number of hydrogen-bond donors (Lipinski definition) is 0. The SMILES string of the molecule is Cc1cc(C)cc(N2CCN(C(=O)CCc3ccccc3)C(C)C2=O)c1. The van der Waals surface area contributed by atoms with Gasteiger partial charge in [0.2, 0.25) is 11.8 Å². The summed E-state index contributed by atoms with van der Waals surface area (Å²) in [6, 6.07) is 15.7. The summed E-state index contributed by atoms with van der Waals surface area (Å²) in [5.74, 6) is 0.0455. The number of aryl methyl sites for hydroxylation is 3. The Labute approximate surface area is 155 Å². The van der Waals surface area contributed by atoms with E-state index in [1.807, 2.05) is 68.1 Å². The van der Waals surface area contributed by atoms with Crippen LogP contribution < -0.4 is 4.90 Å². The molecule has 0 N–H and O–H groups in total. The first-order valence-corrected chi connectivity index (χ1v) is 9.19. The third-order valence-corrected chi connectivity index (χ3v) is 4.96. The molecule has 1 atom stereocenters. The van der Waals surface area contributed by atoms with Crippen LogP contribution in [-0.4, -0.2) is 35.8 Å². The summed E-state index contributed by atoms with van der Waals surface area (Å²) in [4.78, 5) is 29.0. The summed E-state index contributed by atoms with van der Waals surface area (Å²) in [6.07, 6.45) is 1.14. The van der Waals surface area contributed by atoms with E-state index in [-0.39, 0.29) is 11.8 Å². The van der Waals surface area contributed by atoms with Crippen molar-refractivity contribution in [1.29, 1.82) is 0 Å². The second-order valence-electron chi connectivity index (χ2n) is 7.08. The summed E-state index contributed by atoms with van der Waals surface area (Å²) in [7, 11) is 0. The maximum atomic E-state index is 12.9. The van der Waals surface area contributed by atoms with Crippen molar-refractivity contribution in [2.75, 3.05) is 18.0 Å². The molecule has 2 aromatic rings. The van der Waals surface area contributed by atoms with Gasteiger partial charge in [0, 0.05) is 25.2 Å². The highest BCUT2D eigenvalue weighted by Gasteiger charge is 2.34. The fraction of sp³-hybridized carbons (Fsp3) is 0.364. The Morgan fingerprint density at radius 1 is 1.04 bits per heavy atom. The molecule has 1 saturated heterocycles. The van der Waals surface area contributed by atoms with E-state index in [0.29, 0.717) is 25.9 Å². The molecule has 4 heteroatoms. The van der Waals surface area contributed by atoms with Gasteiger partial charge in [0.1, 0.15) is 6.04 Å². The number of benzene rings is 2. The molecule has 0 aromatic heterocycles. The summed E-state index contributed by atoms with van der Waals surface area (Å²) in [5.41, 5.74) is 4.35. The predicted molar refractivity (Wildman–Crippen MR) is 104 cm³/mol. The number of carbonyl (C=O) groups excluding carboxylic acids is 2. The van der Waals surface area contributed by atoms with Crippen LogP contribution in [0, 0.1) is 13.8 Å². The van der Waals surface area contributed by atoms with Crippen molar-refractivity contribution in [3.8, 4) is 0 Å². The molecule has 0 spiro atoms. The van der Waals surface area contributed by atoms with E-state index >= 15 is 0 Å². The number of carbonyl (C=O) groups is 2. The molecule has 3 rings (SSSR count). The van der Waals surface area contributed by atoms with Gasteiger partial charge in [-0.25, -0.2) is 0 Å². The van der Waals surface area contributed by atoms with Gasteiger partial charge < -0.3 is 9.80 Å². The molecular formula is C22H26N2O2. The lowest BCUT2D eigenvalue weighted by atomic mass is 10.1. The molecule has 0 radical (unpaired) electrons. The van der Waals surface area contributed by atoms with Crippen LogP contribution in [0.5, 0.6) is 0 Å². The van der Waals surface area contributed by atoms with Crippen LogP contribution in [0.25, 0.3) is 0 Å². The van der Waals surface area contributed by atoms with Crippen molar-refractivity contribution >= 4 is 17.5 Å². The second-order valence-corrected chi connectivity index (χ2v) is 7.08. The van der Waals surface area contributed by atoms with Gasteiger partial charge in [0.05, 0.1) is 0 Å². The Balaban J connectivity index is 1.66. The van der Waals surface area contributed by atoms with Gasteiger partial charge in [-0.1, -0.05) is 36.4 Å².